The van der Waals surface area contributed by atoms with Crippen molar-refractivity contribution in [2.45, 2.75) is 73.8 Å². The minimum atomic E-state index is -3.45. The number of hydrogen-bond donors (Lipinski definition) is 3. The summed E-state index contributed by atoms with van der Waals surface area (Å²) in [4.78, 5) is 13.1. The normalized spacial score (nSPS) is 30.8. The van der Waals surface area contributed by atoms with Gasteiger partial charge in [0, 0.05) is 24.9 Å². The molecule has 1 aromatic carbocycles. The SMILES string of the molecule is CC(C)(C)S(=O)(=O)c1ccc(NC2NN([C@]3(CC#N)CCCOC3)C3CCNC(=O)C23)cc1. The maximum Gasteiger partial charge on any atom is 0.228 e. The topological polar surface area (TPSA) is 124 Å². The molecule has 3 aliphatic heterocycles. The third kappa shape index (κ3) is 4.35. The first-order valence-electron chi connectivity index (χ1n) is 11.5. The van der Waals surface area contributed by atoms with Crippen molar-refractivity contribution in [1.82, 2.24) is 15.8 Å². The molecule has 9 nitrogen and oxygen atoms in total. The van der Waals surface area contributed by atoms with Gasteiger partial charge in [-0.15, -0.1) is 0 Å². The Balaban J connectivity index is 1.59. The van der Waals surface area contributed by atoms with Crippen LogP contribution in [0.25, 0.3) is 0 Å². The van der Waals surface area contributed by atoms with E-state index in [1.165, 1.54) is 0 Å². The molecule has 0 saturated carbocycles. The molecule has 3 saturated heterocycles. The molecule has 1 amide bonds. The number of fused-ring (bicyclic) bond motifs is 1. The van der Waals surface area contributed by atoms with E-state index in [4.69, 9.17) is 4.74 Å². The smallest absolute Gasteiger partial charge is 0.228 e. The zero-order valence-electron chi connectivity index (χ0n) is 19.4. The minimum absolute atomic E-state index is 0.0329. The Kier molecular flexibility index (Phi) is 6.44. The molecule has 180 valence electrons. The highest BCUT2D eigenvalue weighted by Gasteiger charge is 2.54. The van der Waals surface area contributed by atoms with Gasteiger partial charge in [0.1, 0.15) is 6.17 Å². The van der Waals surface area contributed by atoms with Crippen LogP contribution in [0.1, 0.15) is 46.5 Å². The molecule has 0 bridgehead atoms. The number of piperidine rings is 1. The van der Waals surface area contributed by atoms with Crippen molar-refractivity contribution < 1.29 is 17.9 Å². The first-order valence-corrected chi connectivity index (χ1v) is 13.0. The number of rotatable bonds is 5. The predicted octanol–water partition coefficient (Wildman–Crippen LogP) is 1.78. The van der Waals surface area contributed by atoms with Crippen LogP contribution < -0.4 is 16.1 Å². The number of carbonyl (C=O) groups excluding carboxylic acids is 1. The average Bonchev–Trinajstić information content (AvgIpc) is 3.14. The van der Waals surface area contributed by atoms with E-state index in [0.717, 1.165) is 19.3 Å². The molecule has 4 rings (SSSR count). The maximum absolute atomic E-state index is 12.9. The number of sulfone groups is 1. The van der Waals surface area contributed by atoms with Crippen molar-refractivity contribution in [3.8, 4) is 6.07 Å². The van der Waals surface area contributed by atoms with Crippen LogP contribution in [-0.2, 0) is 19.4 Å². The van der Waals surface area contributed by atoms with E-state index in [1.54, 1.807) is 45.0 Å². The second-order valence-electron chi connectivity index (χ2n) is 10.1. The number of nitrogens with one attached hydrogen (secondary N) is 3. The van der Waals surface area contributed by atoms with Crippen LogP contribution in [0.2, 0.25) is 0 Å². The number of anilines is 1. The number of carbonyl (C=O) groups is 1. The molecule has 3 unspecified atom stereocenters. The molecular formula is C23H33N5O4S. The van der Waals surface area contributed by atoms with Crippen LogP contribution in [0, 0.1) is 17.2 Å². The zero-order valence-corrected chi connectivity index (χ0v) is 20.2. The van der Waals surface area contributed by atoms with E-state index in [0.29, 0.717) is 31.9 Å². The molecule has 0 spiro atoms. The van der Waals surface area contributed by atoms with Gasteiger partial charge in [0.05, 0.1) is 40.2 Å². The molecule has 1 aromatic rings. The monoisotopic (exact) mass is 475 g/mol. The van der Waals surface area contributed by atoms with Crippen LogP contribution in [0.3, 0.4) is 0 Å². The summed E-state index contributed by atoms with van der Waals surface area (Å²) in [5, 5.41) is 18.0. The number of nitrogens with zero attached hydrogens (tertiary/aromatic N) is 2. The minimum Gasteiger partial charge on any atom is -0.379 e. The Morgan fingerprint density at radius 1 is 1.30 bits per heavy atom. The third-order valence-electron chi connectivity index (χ3n) is 6.94. The summed E-state index contributed by atoms with van der Waals surface area (Å²) in [5.41, 5.74) is 3.73. The second kappa shape index (κ2) is 8.87. The van der Waals surface area contributed by atoms with Crippen molar-refractivity contribution in [3.05, 3.63) is 24.3 Å². The number of nitriles is 1. The van der Waals surface area contributed by atoms with Crippen molar-refractivity contribution in [3.63, 3.8) is 0 Å². The van der Waals surface area contributed by atoms with Crippen LogP contribution in [0.4, 0.5) is 5.69 Å². The standard InChI is InChI=1S/C23H33N5O4S/c1-22(2,3)33(30,31)17-7-5-16(6-8-17)26-20-19-18(9-13-25-21(19)29)28(27-20)23(11-12-24)10-4-14-32-15-23/h5-8,18-20,26-27H,4,9-11,13-15H2,1-3H3,(H,25,29)/t18?,19?,20?,23-/m0/s1. The summed E-state index contributed by atoms with van der Waals surface area (Å²) in [6.45, 7) is 6.76. The fraction of sp³-hybridized carbons (Fsp3) is 0.652. The molecule has 10 heteroatoms. The lowest BCUT2D eigenvalue weighted by atomic mass is 9.84. The molecule has 0 aromatic heterocycles. The molecule has 4 atom stereocenters. The van der Waals surface area contributed by atoms with Crippen molar-refractivity contribution in [2.24, 2.45) is 5.92 Å². The number of hydrogen-bond acceptors (Lipinski definition) is 8. The maximum atomic E-state index is 12.9. The Morgan fingerprint density at radius 3 is 2.64 bits per heavy atom. The van der Waals surface area contributed by atoms with E-state index in [9.17, 15) is 18.5 Å². The van der Waals surface area contributed by atoms with Crippen LogP contribution in [0.15, 0.2) is 29.2 Å². The molecule has 0 aliphatic carbocycles. The zero-order chi connectivity index (χ0) is 23.9. The summed E-state index contributed by atoms with van der Waals surface area (Å²) in [6, 6.07) is 8.91. The van der Waals surface area contributed by atoms with E-state index >= 15 is 0 Å². The van der Waals surface area contributed by atoms with Gasteiger partial charge in [0.2, 0.25) is 5.91 Å². The summed E-state index contributed by atoms with van der Waals surface area (Å²) < 4.78 is 30.3. The molecule has 33 heavy (non-hydrogen) atoms. The summed E-state index contributed by atoms with van der Waals surface area (Å²) >= 11 is 0. The van der Waals surface area contributed by atoms with Gasteiger partial charge >= 0.3 is 0 Å². The number of ether oxygens (including phenoxy) is 1. The summed E-state index contributed by atoms with van der Waals surface area (Å²) in [6.07, 6.45) is 2.39. The highest BCUT2D eigenvalue weighted by Crippen LogP contribution is 2.39. The Bertz CT molecular complexity index is 1020. The van der Waals surface area contributed by atoms with Gasteiger partial charge in [-0.1, -0.05) is 0 Å². The van der Waals surface area contributed by atoms with Crippen molar-refractivity contribution in [2.75, 3.05) is 25.1 Å². The first-order chi connectivity index (χ1) is 15.6. The highest BCUT2D eigenvalue weighted by atomic mass is 32.2. The molecular weight excluding hydrogens is 442 g/mol. The van der Waals surface area contributed by atoms with E-state index in [2.05, 4.69) is 27.1 Å². The van der Waals surface area contributed by atoms with E-state index < -0.39 is 26.3 Å². The summed E-state index contributed by atoms with van der Waals surface area (Å²) in [5.74, 6) is -0.385. The number of amides is 1. The molecule has 3 heterocycles. The highest BCUT2D eigenvalue weighted by molar-refractivity contribution is 7.92. The average molecular weight is 476 g/mol. The summed E-state index contributed by atoms with van der Waals surface area (Å²) in [7, 11) is -3.45. The van der Waals surface area contributed by atoms with Crippen molar-refractivity contribution >= 4 is 21.4 Å². The quantitative estimate of drug-likeness (QED) is 0.589. The Morgan fingerprint density at radius 2 is 2.03 bits per heavy atom. The lowest BCUT2D eigenvalue weighted by molar-refractivity contribution is -0.130. The molecule has 3 fully saturated rings. The van der Waals surface area contributed by atoms with Crippen LogP contribution in [0.5, 0.6) is 0 Å². The van der Waals surface area contributed by atoms with E-state index in [1.807, 2.05) is 0 Å². The van der Waals surface area contributed by atoms with Gasteiger partial charge in [-0.05, 0) is 64.3 Å². The number of benzene rings is 1. The van der Waals surface area contributed by atoms with Gasteiger partial charge in [0.25, 0.3) is 0 Å². The van der Waals surface area contributed by atoms with Crippen LogP contribution in [-0.4, -0.2) is 61.6 Å². The molecule has 3 aliphatic rings. The van der Waals surface area contributed by atoms with Gasteiger partial charge in [0.15, 0.2) is 9.84 Å². The fourth-order valence-corrected chi connectivity index (χ4v) is 6.28. The first kappa shape index (κ1) is 24.0. The second-order valence-corrected chi connectivity index (χ2v) is 12.9. The largest absolute Gasteiger partial charge is 0.379 e. The molecule has 3 N–H and O–H groups in total. The lowest BCUT2D eigenvalue weighted by Gasteiger charge is -2.46. The van der Waals surface area contributed by atoms with Crippen molar-refractivity contribution in [1.29, 1.82) is 5.26 Å². The van der Waals surface area contributed by atoms with Gasteiger partial charge in [-0.25, -0.2) is 18.9 Å². The van der Waals surface area contributed by atoms with Gasteiger partial charge in [-0.3, -0.25) is 4.79 Å². The Labute approximate surface area is 195 Å². The van der Waals surface area contributed by atoms with Gasteiger partial charge < -0.3 is 15.4 Å². The Hall–Kier alpha value is -2.19. The number of hydrazine groups is 1. The predicted molar refractivity (Wildman–Crippen MR) is 124 cm³/mol. The van der Waals surface area contributed by atoms with Crippen LogP contribution >= 0.6 is 0 Å². The lowest BCUT2D eigenvalue weighted by Crippen LogP contribution is -2.61. The third-order valence-corrected chi connectivity index (χ3v) is 9.44. The van der Waals surface area contributed by atoms with E-state index in [-0.39, 0.29) is 22.8 Å². The molecule has 0 radical (unpaired) electrons. The van der Waals surface area contributed by atoms with Gasteiger partial charge in [-0.2, -0.15) is 5.26 Å². The fourth-order valence-electron chi connectivity index (χ4n) is 5.08.